The number of nitrogens with one attached hydrogen (secondary N) is 1. The first kappa shape index (κ1) is 12.0. The van der Waals surface area contributed by atoms with Crippen molar-refractivity contribution in [3.05, 3.63) is 17.0 Å². The molecule has 6 heteroatoms. The Balaban J connectivity index is 0.00000112. The number of esters is 1. The summed E-state index contributed by atoms with van der Waals surface area (Å²) in [6.45, 7) is 3.62. The molecule has 1 aliphatic rings. The molecule has 0 unspecified atom stereocenters. The largest absolute Gasteiger partial charge is 0.461 e. The van der Waals surface area contributed by atoms with Gasteiger partial charge in [0.2, 0.25) is 0 Å². The fourth-order valence-corrected chi connectivity index (χ4v) is 1.50. The number of rotatable bonds is 2. The molecule has 1 aliphatic heterocycles. The number of hydrogen-bond acceptors (Lipinski definition) is 5. The highest BCUT2D eigenvalue weighted by Gasteiger charge is 2.24. The van der Waals surface area contributed by atoms with Crippen LogP contribution in [-0.4, -0.2) is 24.3 Å². The van der Waals surface area contributed by atoms with Crippen molar-refractivity contribution in [2.45, 2.75) is 19.9 Å². The number of carbonyl (C=O) groups is 1. The van der Waals surface area contributed by atoms with Crippen LogP contribution >= 0.6 is 12.4 Å². The van der Waals surface area contributed by atoms with Gasteiger partial charge in [-0.25, -0.2) is 4.79 Å². The minimum absolute atomic E-state index is 0. The Bertz CT molecular complexity index is 351. The molecule has 0 amide bonds. The second-order valence-corrected chi connectivity index (χ2v) is 3.08. The normalized spacial score (nSPS) is 13.9. The molecule has 0 aliphatic carbocycles. The fraction of sp³-hybridized carbons (Fsp3) is 0.556. The van der Waals surface area contributed by atoms with Crippen LogP contribution in [0.25, 0.3) is 0 Å². The molecule has 0 radical (unpaired) electrons. The average molecular weight is 233 g/mol. The molecule has 0 saturated carbocycles. The third kappa shape index (κ3) is 2.30. The summed E-state index contributed by atoms with van der Waals surface area (Å²) in [5.41, 5.74) is 1.16. The lowest BCUT2D eigenvalue weighted by Gasteiger charge is -2.10. The standard InChI is InChI=1S/C9H12N2O3.ClH/c1-2-13-9(12)8-6-5-10-4-3-7(6)14-11-8;/h10H,2-5H2,1H3;1H. The second kappa shape index (κ2) is 5.14. The molecule has 0 bridgehead atoms. The van der Waals surface area contributed by atoms with E-state index in [0.29, 0.717) is 18.8 Å². The monoisotopic (exact) mass is 232 g/mol. The Hall–Kier alpha value is -1.07. The van der Waals surface area contributed by atoms with Gasteiger partial charge in [0.1, 0.15) is 5.76 Å². The maximum absolute atomic E-state index is 11.4. The van der Waals surface area contributed by atoms with Crippen LogP contribution in [0.4, 0.5) is 0 Å². The van der Waals surface area contributed by atoms with Gasteiger partial charge in [-0.1, -0.05) is 5.16 Å². The van der Waals surface area contributed by atoms with Crippen LogP contribution in [0, 0.1) is 0 Å². The van der Waals surface area contributed by atoms with Crippen LogP contribution in [0.2, 0.25) is 0 Å². The lowest BCUT2D eigenvalue weighted by Crippen LogP contribution is -2.24. The molecular weight excluding hydrogens is 220 g/mol. The Morgan fingerprint density at radius 3 is 3.20 bits per heavy atom. The van der Waals surface area contributed by atoms with E-state index in [-0.39, 0.29) is 12.4 Å². The summed E-state index contributed by atoms with van der Waals surface area (Å²) in [6, 6.07) is 0. The quantitative estimate of drug-likeness (QED) is 0.769. The summed E-state index contributed by atoms with van der Waals surface area (Å²) in [6.07, 6.45) is 0.780. The van der Waals surface area contributed by atoms with Gasteiger partial charge in [-0.15, -0.1) is 12.4 Å². The smallest absolute Gasteiger partial charge is 0.360 e. The average Bonchev–Trinajstić information content (AvgIpc) is 2.61. The molecule has 15 heavy (non-hydrogen) atoms. The first-order valence-corrected chi connectivity index (χ1v) is 4.68. The highest BCUT2D eigenvalue weighted by Crippen LogP contribution is 2.18. The van der Waals surface area contributed by atoms with Gasteiger partial charge in [0, 0.05) is 25.1 Å². The van der Waals surface area contributed by atoms with Gasteiger partial charge in [-0.05, 0) is 6.92 Å². The van der Waals surface area contributed by atoms with E-state index in [1.165, 1.54) is 0 Å². The molecule has 2 heterocycles. The summed E-state index contributed by atoms with van der Waals surface area (Å²) < 4.78 is 9.93. The Morgan fingerprint density at radius 2 is 2.47 bits per heavy atom. The van der Waals surface area contributed by atoms with Crippen molar-refractivity contribution >= 4 is 18.4 Å². The number of fused-ring (bicyclic) bond motifs is 1. The van der Waals surface area contributed by atoms with E-state index < -0.39 is 5.97 Å². The Morgan fingerprint density at radius 1 is 1.67 bits per heavy atom. The molecule has 1 N–H and O–H groups in total. The summed E-state index contributed by atoms with van der Waals surface area (Å²) in [5, 5.41) is 6.88. The van der Waals surface area contributed by atoms with E-state index in [1.54, 1.807) is 6.92 Å². The Labute approximate surface area is 93.6 Å². The molecule has 2 rings (SSSR count). The van der Waals surface area contributed by atoms with E-state index in [9.17, 15) is 4.79 Å². The molecule has 84 valence electrons. The SMILES string of the molecule is CCOC(=O)c1noc2c1CNCC2.Cl. The molecule has 0 saturated heterocycles. The first-order valence-electron chi connectivity index (χ1n) is 4.68. The number of carbonyl (C=O) groups excluding carboxylic acids is 1. The van der Waals surface area contributed by atoms with Crippen molar-refractivity contribution in [2.24, 2.45) is 0 Å². The Kier molecular flexibility index (Phi) is 4.11. The van der Waals surface area contributed by atoms with Crippen LogP contribution in [0.1, 0.15) is 28.7 Å². The van der Waals surface area contributed by atoms with Crippen LogP contribution < -0.4 is 5.32 Å². The number of nitrogens with zero attached hydrogens (tertiary/aromatic N) is 1. The number of hydrogen-bond donors (Lipinski definition) is 1. The van der Waals surface area contributed by atoms with E-state index in [1.807, 2.05) is 0 Å². The summed E-state index contributed by atoms with van der Waals surface area (Å²) in [7, 11) is 0. The fourth-order valence-electron chi connectivity index (χ4n) is 1.50. The number of halogens is 1. The van der Waals surface area contributed by atoms with Crippen molar-refractivity contribution < 1.29 is 14.1 Å². The van der Waals surface area contributed by atoms with Crippen molar-refractivity contribution in [1.82, 2.24) is 10.5 Å². The van der Waals surface area contributed by atoms with Crippen LogP contribution in [0.15, 0.2) is 4.52 Å². The zero-order chi connectivity index (χ0) is 9.97. The molecule has 0 atom stereocenters. The van der Waals surface area contributed by atoms with Gasteiger partial charge in [-0.2, -0.15) is 0 Å². The van der Waals surface area contributed by atoms with Crippen LogP contribution in [0.3, 0.4) is 0 Å². The lowest BCUT2D eigenvalue weighted by atomic mass is 10.1. The van der Waals surface area contributed by atoms with E-state index >= 15 is 0 Å². The van der Waals surface area contributed by atoms with Crippen molar-refractivity contribution in [1.29, 1.82) is 0 Å². The second-order valence-electron chi connectivity index (χ2n) is 3.08. The predicted molar refractivity (Wildman–Crippen MR) is 55.1 cm³/mol. The first-order chi connectivity index (χ1) is 6.83. The molecule has 5 nitrogen and oxygen atoms in total. The predicted octanol–water partition coefficient (Wildman–Crippen LogP) is 0.919. The molecule has 0 spiro atoms. The third-order valence-corrected chi connectivity index (χ3v) is 2.17. The number of aromatic nitrogens is 1. The minimum Gasteiger partial charge on any atom is -0.461 e. The van der Waals surface area contributed by atoms with Gasteiger partial charge in [0.05, 0.1) is 6.61 Å². The van der Waals surface area contributed by atoms with Crippen molar-refractivity contribution in [3.8, 4) is 0 Å². The molecule has 0 aromatic carbocycles. The summed E-state index contributed by atoms with van der Waals surface area (Å²) in [4.78, 5) is 11.4. The van der Waals surface area contributed by atoms with Crippen LogP contribution in [0.5, 0.6) is 0 Å². The van der Waals surface area contributed by atoms with Crippen molar-refractivity contribution in [2.75, 3.05) is 13.2 Å². The maximum atomic E-state index is 11.4. The molecule has 0 fully saturated rings. The third-order valence-electron chi connectivity index (χ3n) is 2.17. The number of ether oxygens (including phenoxy) is 1. The molecular formula is C9H13ClN2O3. The van der Waals surface area contributed by atoms with E-state index in [2.05, 4.69) is 10.5 Å². The van der Waals surface area contributed by atoms with E-state index in [0.717, 1.165) is 24.3 Å². The van der Waals surface area contributed by atoms with Gasteiger partial charge >= 0.3 is 5.97 Å². The molecule has 1 aromatic heterocycles. The van der Waals surface area contributed by atoms with Gasteiger partial charge in [-0.3, -0.25) is 0 Å². The zero-order valence-corrected chi connectivity index (χ0v) is 9.23. The summed E-state index contributed by atoms with van der Waals surface area (Å²) in [5.74, 6) is 0.396. The maximum Gasteiger partial charge on any atom is 0.360 e. The highest BCUT2D eigenvalue weighted by molar-refractivity contribution is 5.89. The van der Waals surface area contributed by atoms with Gasteiger partial charge in [0.25, 0.3) is 0 Å². The minimum atomic E-state index is -0.402. The van der Waals surface area contributed by atoms with Crippen LogP contribution in [-0.2, 0) is 17.7 Å². The van der Waals surface area contributed by atoms with Crippen molar-refractivity contribution in [3.63, 3.8) is 0 Å². The zero-order valence-electron chi connectivity index (χ0n) is 8.41. The summed E-state index contributed by atoms with van der Waals surface area (Å²) >= 11 is 0. The highest BCUT2D eigenvalue weighted by atomic mass is 35.5. The lowest BCUT2D eigenvalue weighted by molar-refractivity contribution is 0.0513. The topological polar surface area (TPSA) is 64.4 Å². The van der Waals surface area contributed by atoms with Gasteiger partial charge < -0.3 is 14.6 Å². The van der Waals surface area contributed by atoms with Gasteiger partial charge in [0.15, 0.2) is 5.69 Å². The molecule has 1 aromatic rings. The van der Waals surface area contributed by atoms with E-state index in [4.69, 9.17) is 9.26 Å².